The number of primary amides is 1. The molecule has 4 heterocycles. The SMILES string of the molecule is NC(=O)c1cnc(N2CCCC3(CCCN(CCC(=O)O)C3=O)C2)c2c1[nH]c1ccccc12. The van der Waals surface area contributed by atoms with Gasteiger partial charge in [-0.05, 0) is 31.7 Å². The van der Waals surface area contributed by atoms with E-state index in [2.05, 4.69) is 14.9 Å². The molecule has 0 aliphatic carbocycles. The zero-order valence-corrected chi connectivity index (χ0v) is 18.3. The van der Waals surface area contributed by atoms with Gasteiger partial charge in [-0.1, -0.05) is 18.2 Å². The first kappa shape index (κ1) is 21.2. The summed E-state index contributed by atoms with van der Waals surface area (Å²) in [5.41, 5.74) is 6.97. The Morgan fingerprint density at radius 1 is 1.18 bits per heavy atom. The number of nitrogens with zero attached hydrogens (tertiary/aromatic N) is 3. The smallest absolute Gasteiger partial charge is 0.305 e. The summed E-state index contributed by atoms with van der Waals surface area (Å²) in [6.45, 7) is 2.12. The normalized spacial score (nSPS) is 21.3. The number of hydrogen-bond donors (Lipinski definition) is 3. The van der Waals surface area contributed by atoms with Crippen LogP contribution in [0.3, 0.4) is 0 Å². The fourth-order valence-electron chi connectivity index (χ4n) is 5.54. The molecule has 4 N–H and O–H groups in total. The van der Waals surface area contributed by atoms with Crippen molar-refractivity contribution in [3.63, 3.8) is 0 Å². The van der Waals surface area contributed by atoms with Gasteiger partial charge in [-0.2, -0.15) is 0 Å². The number of aliphatic carboxylic acids is 1. The summed E-state index contributed by atoms with van der Waals surface area (Å²) in [7, 11) is 0. The Balaban J connectivity index is 1.54. The van der Waals surface area contributed by atoms with Crippen LogP contribution in [0, 0.1) is 5.41 Å². The van der Waals surface area contributed by atoms with E-state index in [-0.39, 0.29) is 18.9 Å². The highest BCUT2D eigenvalue weighted by Gasteiger charge is 2.47. The fourth-order valence-corrected chi connectivity index (χ4v) is 5.54. The summed E-state index contributed by atoms with van der Waals surface area (Å²) in [6, 6.07) is 7.81. The van der Waals surface area contributed by atoms with Gasteiger partial charge in [0, 0.05) is 43.3 Å². The lowest BCUT2D eigenvalue weighted by Gasteiger charge is -2.47. The van der Waals surface area contributed by atoms with Gasteiger partial charge in [-0.3, -0.25) is 14.4 Å². The van der Waals surface area contributed by atoms with Crippen molar-refractivity contribution in [2.24, 2.45) is 11.1 Å². The molecule has 5 rings (SSSR count). The Hall–Kier alpha value is -3.62. The topological polar surface area (TPSA) is 133 Å². The lowest BCUT2D eigenvalue weighted by Crippen LogP contribution is -2.56. The molecular formula is C24H27N5O4. The zero-order chi connectivity index (χ0) is 23.2. The molecule has 3 aromatic rings. The maximum atomic E-state index is 13.5. The van der Waals surface area contributed by atoms with E-state index in [1.165, 1.54) is 6.20 Å². The second-order valence-corrected chi connectivity index (χ2v) is 9.13. The maximum absolute atomic E-state index is 13.5. The van der Waals surface area contributed by atoms with Crippen LogP contribution in [0.4, 0.5) is 5.82 Å². The van der Waals surface area contributed by atoms with Gasteiger partial charge in [0.1, 0.15) is 5.82 Å². The van der Waals surface area contributed by atoms with E-state index in [0.717, 1.165) is 54.3 Å². The average Bonchev–Trinajstić information content (AvgIpc) is 3.19. The fraction of sp³-hybridized carbons (Fsp3) is 0.417. The minimum absolute atomic E-state index is 0.0440. The number of piperidine rings is 2. The summed E-state index contributed by atoms with van der Waals surface area (Å²) in [5.74, 6) is -0.656. The van der Waals surface area contributed by atoms with Gasteiger partial charge in [0.15, 0.2) is 0 Å². The minimum Gasteiger partial charge on any atom is -0.481 e. The molecular weight excluding hydrogens is 422 g/mol. The molecule has 9 heteroatoms. The van der Waals surface area contributed by atoms with Crippen LogP contribution in [0.15, 0.2) is 30.5 Å². The quantitative estimate of drug-likeness (QED) is 0.548. The Bertz CT molecular complexity index is 1260. The summed E-state index contributed by atoms with van der Waals surface area (Å²) < 4.78 is 0. The molecule has 2 aliphatic rings. The summed E-state index contributed by atoms with van der Waals surface area (Å²) in [5, 5.41) is 10.9. The molecule has 1 unspecified atom stereocenters. The Labute approximate surface area is 190 Å². The molecule has 0 saturated carbocycles. The van der Waals surface area contributed by atoms with Crippen LogP contribution in [-0.4, -0.2) is 63.9 Å². The predicted octanol–water partition coefficient (Wildman–Crippen LogP) is 2.50. The van der Waals surface area contributed by atoms with Crippen LogP contribution in [0.25, 0.3) is 21.8 Å². The summed E-state index contributed by atoms with van der Waals surface area (Å²) >= 11 is 0. The van der Waals surface area contributed by atoms with Crippen molar-refractivity contribution in [1.29, 1.82) is 0 Å². The number of benzene rings is 1. The van der Waals surface area contributed by atoms with E-state index >= 15 is 0 Å². The molecule has 0 radical (unpaired) electrons. The number of pyridine rings is 1. The first-order valence-corrected chi connectivity index (χ1v) is 11.3. The van der Waals surface area contributed by atoms with E-state index in [9.17, 15) is 14.4 Å². The predicted molar refractivity (Wildman–Crippen MR) is 124 cm³/mol. The number of aromatic nitrogens is 2. The van der Waals surface area contributed by atoms with Gasteiger partial charge < -0.3 is 25.6 Å². The van der Waals surface area contributed by atoms with Gasteiger partial charge in [0.2, 0.25) is 5.91 Å². The first-order chi connectivity index (χ1) is 15.9. The van der Waals surface area contributed by atoms with Gasteiger partial charge in [0.05, 0.1) is 28.3 Å². The number of H-pyrrole nitrogens is 1. The monoisotopic (exact) mass is 449 g/mol. The number of amides is 2. The van der Waals surface area contributed by atoms with Crippen LogP contribution in [0.5, 0.6) is 0 Å². The molecule has 2 fully saturated rings. The zero-order valence-electron chi connectivity index (χ0n) is 18.3. The maximum Gasteiger partial charge on any atom is 0.305 e. The van der Waals surface area contributed by atoms with Crippen molar-refractivity contribution < 1.29 is 19.5 Å². The van der Waals surface area contributed by atoms with Crippen LogP contribution >= 0.6 is 0 Å². The Kier molecular flexibility index (Phi) is 5.19. The number of carbonyl (C=O) groups excluding carboxylic acids is 2. The lowest BCUT2D eigenvalue weighted by molar-refractivity contribution is -0.148. The molecule has 0 bridgehead atoms. The van der Waals surface area contributed by atoms with Gasteiger partial charge in [0.25, 0.3) is 5.91 Å². The molecule has 172 valence electrons. The van der Waals surface area contributed by atoms with Crippen molar-refractivity contribution >= 4 is 45.4 Å². The van der Waals surface area contributed by atoms with E-state index in [1.807, 2.05) is 24.3 Å². The number of fused-ring (bicyclic) bond motifs is 3. The summed E-state index contributed by atoms with van der Waals surface area (Å²) in [6.07, 6.45) is 4.72. The highest BCUT2D eigenvalue weighted by molar-refractivity contribution is 6.18. The number of carboxylic acid groups (broad SMARTS) is 1. The summed E-state index contributed by atoms with van der Waals surface area (Å²) in [4.78, 5) is 48.4. The molecule has 1 aromatic carbocycles. The van der Waals surface area contributed by atoms with Crippen molar-refractivity contribution in [3.8, 4) is 0 Å². The van der Waals surface area contributed by atoms with Crippen LogP contribution in [0.2, 0.25) is 0 Å². The number of para-hydroxylation sites is 1. The molecule has 2 amide bonds. The number of carboxylic acids is 1. The molecule has 2 saturated heterocycles. The molecule has 2 aliphatic heterocycles. The highest BCUT2D eigenvalue weighted by Crippen LogP contribution is 2.43. The molecule has 2 aromatic heterocycles. The number of likely N-dealkylation sites (tertiary alicyclic amines) is 1. The standard InChI is InChI=1S/C24H27N5O4/c25-21(32)16-13-26-22(19-15-5-1-2-6-17(15)27-20(16)19)29-11-4-9-24(14-29)8-3-10-28(23(24)33)12-7-18(30)31/h1-2,5-6,13,27H,3-4,7-12,14H2,(H2,25,32)(H,30,31). The Morgan fingerprint density at radius 2 is 1.94 bits per heavy atom. The van der Waals surface area contributed by atoms with Crippen molar-refractivity contribution in [2.75, 3.05) is 31.1 Å². The third kappa shape index (κ3) is 3.57. The van der Waals surface area contributed by atoms with E-state index in [0.29, 0.717) is 24.2 Å². The number of nitrogens with two attached hydrogens (primary N) is 1. The number of aromatic amines is 1. The molecule has 9 nitrogen and oxygen atoms in total. The van der Waals surface area contributed by atoms with Gasteiger partial charge in [-0.15, -0.1) is 0 Å². The van der Waals surface area contributed by atoms with Crippen molar-refractivity contribution in [1.82, 2.24) is 14.9 Å². The highest BCUT2D eigenvalue weighted by atomic mass is 16.4. The second kappa shape index (κ2) is 8.06. The van der Waals surface area contributed by atoms with E-state index in [4.69, 9.17) is 10.8 Å². The molecule has 1 atom stereocenters. The number of carbonyl (C=O) groups is 3. The van der Waals surface area contributed by atoms with Crippen LogP contribution < -0.4 is 10.6 Å². The number of nitrogens with one attached hydrogen (secondary N) is 1. The van der Waals surface area contributed by atoms with Crippen molar-refractivity contribution in [3.05, 3.63) is 36.0 Å². The number of anilines is 1. The Morgan fingerprint density at radius 3 is 2.70 bits per heavy atom. The number of rotatable bonds is 5. The van der Waals surface area contributed by atoms with E-state index < -0.39 is 17.3 Å². The number of hydrogen-bond acceptors (Lipinski definition) is 5. The van der Waals surface area contributed by atoms with E-state index in [1.54, 1.807) is 4.90 Å². The van der Waals surface area contributed by atoms with Gasteiger partial charge >= 0.3 is 5.97 Å². The molecule has 1 spiro atoms. The molecule has 33 heavy (non-hydrogen) atoms. The van der Waals surface area contributed by atoms with Crippen LogP contribution in [-0.2, 0) is 9.59 Å². The van der Waals surface area contributed by atoms with Crippen molar-refractivity contribution in [2.45, 2.75) is 32.1 Å². The lowest BCUT2D eigenvalue weighted by atomic mass is 9.73. The largest absolute Gasteiger partial charge is 0.481 e. The first-order valence-electron chi connectivity index (χ1n) is 11.3. The second-order valence-electron chi connectivity index (χ2n) is 9.13. The average molecular weight is 450 g/mol. The van der Waals surface area contributed by atoms with Gasteiger partial charge in [-0.25, -0.2) is 4.98 Å². The third-order valence-corrected chi connectivity index (χ3v) is 7.08. The third-order valence-electron chi connectivity index (χ3n) is 7.08. The van der Waals surface area contributed by atoms with Crippen LogP contribution in [0.1, 0.15) is 42.5 Å². The minimum atomic E-state index is -0.895.